The molecule has 0 aromatic heterocycles. The van der Waals surface area contributed by atoms with Crippen LogP contribution in [0.3, 0.4) is 0 Å². The topological polar surface area (TPSA) is 47.9 Å². The van der Waals surface area contributed by atoms with Gasteiger partial charge in [0.2, 0.25) is 0 Å². The lowest BCUT2D eigenvalue weighted by Gasteiger charge is -2.27. The zero-order valence-electron chi connectivity index (χ0n) is 20.2. The minimum atomic E-state index is -0.626. The number of ether oxygens (including phenoxy) is 3. The van der Waals surface area contributed by atoms with Gasteiger partial charge in [-0.15, -0.1) is 11.6 Å². The molecule has 0 aliphatic carbocycles. The van der Waals surface area contributed by atoms with E-state index in [9.17, 15) is 5.11 Å². The maximum atomic E-state index is 10.0. The monoisotopic (exact) mass is 462 g/mol. The molecule has 0 heterocycles. The molecule has 2 rings (SSSR count). The van der Waals surface area contributed by atoms with Crippen LogP contribution in [0, 0.1) is 12.8 Å². The van der Waals surface area contributed by atoms with Crippen molar-refractivity contribution in [1.29, 1.82) is 0 Å². The molecule has 178 valence electrons. The van der Waals surface area contributed by atoms with E-state index in [1.165, 1.54) is 11.1 Å². The van der Waals surface area contributed by atoms with Crippen LogP contribution in [0.1, 0.15) is 57.2 Å². The summed E-state index contributed by atoms with van der Waals surface area (Å²) in [6, 6.07) is 14.5. The van der Waals surface area contributed by atoms with Gasteiger partial charge in [0, 0.05) is 23.8 Å². The fourth-order valence-corrected chi connectivity index (χ4v) is 3.41. The molecule has 0 unspecified atom stereocenters. The summed E-state index contributed by atoms with van der Waals surface area (Å²) in [7, 11) is 0. The largest absolute Gasteiger partial charge is 0.493 e. The molecule has 0 aliphatic rings. The molecule has 5 heteroatoms. The average molecular weight is 463 g/mol. The van der Waals surface area contributed by atoms with E-state index in [4.69, 9.17) is 25.8 Å². The van der Waals surface area contributed by atoms with Gasteiger partial charge in [-0.2, -0.15) is 0 Å². The van der Waals surface area contributed by atoms with Crippen molar-refractivity contribution in [2.24, 2.45) is 5.92 Å². The molecule has 0 amide bonds. The average Bonchev–Trinajstić information content (AvgIpc) is 2.79. The Labute approximate surface area is 198 Å². The predicted octanol–water partition coefficient (Wildman–Crippen LogP) is 6.13. The van der Waals surface area contributed by atoms with Crippen molar-refractivity contribution in [3.63, 3.8) is 0 Å². The molecule has 0 saturated heterocycles. The summed E-state index contributed by atoms with van der Waals surface area (Å²) in [5.74, 6) is 2.56. The second-order valence-corrected chi connectivity index (χ2v) is 9.40. The van der Waals surface area contributed by atoms with Gasteiger partial charge in [0.05, 0.1) is 13.2 Å². The van der Waals surface area contributed by atoms with Crippen molar-refractivity contribution < 1.29 is 19.3 Å². The summed E-state index contributed by atoms with van der Waals surface area (Å²) in [5, 5.41) is 10.0. The summed E-state index contributed by atoms with van der Waals surface area (Å²) in [5.41, 5.74) is 3.36. The Kier molecular flexibility index (Phi) is 10.8. The number of aliphatic hydroxyl groups is 1. The number of aryl methyl sites for hydroxylation is 1. The highest BCUT2D eigenvalue weighted by Crippen LogP contribution is 2.34. The highest BCUT2D eigenvalue weighted by molar-refractivity contribution is 6.18. The van der Waals surface area contributed by atoms with Crippen LogP contribution < -0.4 is 9.47 Å². The first-order chi connectivity index (χ1) is 15.3. The minimum Gasteiger partial charge on any atom is -0.493 e. The molecule has 0 saturated carbocycles. The molecular formula is C27H39ClO4. The standard InChI is InChI=1S/C27H39ClO4/c1-6-7-14-30-18-24(29)19-31-25-11-8-22(9-12-25)27(4,5)23-10-13-26(21(3)15-23)32-17-20(2)16-28/h8-13,15,20,24,29H,6-7,14,16-19H2,1-5H3/t20-,24+/m1/s1. The van der Waals surface area contributed by atoms with Gasteiger partial charge >= 0.3 is 0 Å². The number of rotatable bonds is 14. The number of unbranched alkanes of at least 4 members (excludes halogenated alkanes) is 1. The summed E-state index contributed by atoms with van der Waals surface area (Å²) < 4.78 is 17.1. The molecule has 32 heavy (non-hydrogen) atoms. The molecule has 0 fully saturated rings. The van der Waals surface area contributed by atoms with E-state index < -0.39 is 6.10 Å². The Morgan fingerprint density at radius 2 is 1.66 bits per heavy atom. The first-order valence-corrected chi connectivity index (χ1v) is 12.1. The summed E-state index contributed by atoms with van der Waals surface area (Å²) in [6.45, 7) is 12.5. The summed E-state index contributed by atoms with van der Waals surface area (Å²) in [4.78, 5) is 0. The van der Waals surface area contributed by atoms with Crippen LogP contribution in [0.15, 0.2) is 42.5 Å². The number of benzene rings is 2. The highest BCUT2D eigenvalue weighted by Gasteiger charge is 2.24. The number of hydrogen-bond donors (Lipinski definition) is 1. The predicted molar refractivity (Wildman–Crippen MR) is 132 cm³/mol. The van der Waals surface area contributed by atoms with Gasteiger partial charge in [0.1, 0.15) is 24.2 Å². The Morgan fingerprint density at radius 1 is 0.969 bits per heavy atom. The van der Waals surface area contributed by atoms with E-state index in [0.29, 0.717) is 31.6 Å². The lowest BCUT2D eigenvalue weighted by Crippen LogP contribution is -2.23. The van der Waals surface area contributed by atoms with Crippen molar-refractivity contribution in [1.82, 2.24) is 0 Å². The van der Waals surface area contributed by atoms with Crippen LogP contribution in [-0.4, -0.2) is 43.5 Å². The second kappa shape index (κ2) is 13.1. The lowest BCUT2D eigenvalue weighted by atomic mass is 9.77. The summed E-state index contributed by atoms with van der Waals surface area (Å²) in [6.07, 6.45) is 1.47. The van der Waals surface area contributed by atoms with Crippen molar-refractivity contribution in [2.45, 2.75) is 59.0 Å². The highest BCUT2D eigenvalue weighted by atomic mass is 35.5. The van der Waals surface area contributed by atoms with E-state index in [1.807, 2.05) is 12.1 Å². The maximum absolute atomic E-state index is 10.0. The molecule has 1 N–H and O–H groups in total. The van der Waals surface area contributed by atoms with Gasteiger partial charge in [-0.25, -0.2) is 0 Å². The minimum absolute atomic E-state index is 0.169. The van der Waals surface area contributed by atoms with Gasteiger partial charge in [-0.05, 0) is 48.2 Å². The van der Waals surface area contributed by atoms with Crippen molar-refractivity contribution in [3.8, 4) is 11.5 Å². The van der Waals surface area contributed by atoms with Crippen LogP contribution >= 0.6 is 11.6 Å². The quantitative estimate of drug-likeness (QED) is 0.271. The molecule has 2 aromatic carbocycles. The van der Waals surface area contributed by atoms with Gasteiger partial charge < -0.3 is 19.3 Å². The zero-order chi connectivity index (χ0) is 23.6. The third kappa shape index (κ3) is 7.99. The Bertz CT molecular complexity index is 804. The Morgan fingerprint density at radius 3 is 2.28 bits per heavy atom. The number of halogens is 1. The van der Waals surface area contributed by atoms with Gasteiger partial charge in [-0.3, -0.25) is 0 Å². The van der Waals surface area contributed by atoms with E-state index in [0.717, 1.165) is 29.9 Å². The van der Waals surface area contributed by atoms with E-state index >= 15 is 0 Å². The fraction of sp³-hybridized carbons (Fsp3) is 0.556. The lowest BCUT2D eigenvalue weighted by molar-refractivity contribution is 0.0113. The fourth-order valence-electron chi connectivity index (χ4n) is 3.32. The normalized spacial score (nSPS) is 13.6. The van der Waals surface area contributed by atoms with Crippen molar-refractivity contribution in [3.05, 3.63) is 59.2 Å². The third-order valence-corrected chi connectivity index (χ3v) is 6.18. The van der Waals surface area contributed by atoms with E-state index in [1.54, 1.807) is 0 Å². The molecular weight excluding hydrogens is 424 g/mol. The smallest absolute Gasteiger partial charge is 0.122 e. The van der Waals surface area contributed by atoms with Crippen LogP contribution in [0.2, 0.25) is 0 Å². The van der Waals surface area contributed by atoms with E-state index in [2.05, 4.69) is 65.0 Å². The molecule has 2 aromatic rings. The van der Waals surface area contributed by atoms with Crippen LogP contribution in [0.5, 0.6) is 11.5 Å². The molecule has 0 spiro atoms. The summed E-state index contributed by atoms with van der Waals surface area (Å²) >= 11 is 5.88. The zero-order valence-corrected chi connectivity index (χ0v) is 21.0. The van der Waals surface area contributed by atoms with Gasteiger partial charge in [-0.1, -0.05) is 58.4 Å². The van der Waals surface area contributed by atoms with Crippen molar-refractivity contribution >= 4 is 11.6 Å². The molecule has 2 atom stereocenters. The number of alkyl halides is 1. The van der Waals surface area contributed by atoms with Crippen LogP contribution in [0.25, 0.3) is 0 Å². The number of aliphatic hydroxyl groups excluding tert-OH is 1. The molecule has 0 aliphatic heterocycles. The van der Waals surface area contributed by atoms with Gasteiger partial charge in [0.25, 0.3) is 0 Å². The maximum Gasteiger partial charge on any atom is 0.122 e. The van der Waals surface area contributed by atoms with Crippen LogP contribution in [-0.2, 0) is 10.2 Å². The van der Waals surface area contributed by atoms with Gasteiger partial charge in [0.15, 0.2) is 0 Å². The molecule has 0 radical (unpaired) electrons. The third-order valence-electron chi connectivity index (χ3n) is 5.65. The Balaban J connectivity index is 1.96. The molecule has 0 bridgehead atoms. The molecule has 4 nitrogen and oxygen atoms in total. The first kappa shape index (κ1) is 26.5. The van der Waals surface area contributed by atoms with E-state index in [-0.39, 0.29) is 12.0 Å². The number of hydrogen-bond acceptors (Lipinski definition) is 4. The Hall–Kier alpha value is -1.75. The SMILES string of the molecule is CCCCOC[C@H](O)COc1ccc(C(C)(C)c2ccc(OC[C@H](C)CCl)c(C)c2)cc1. The van der Waals surface area contributed by atoms with Crippen LogP contribution in [0.4, 0.5) is 0 Å². The second-order valence-electron chi connectivity index (χ2n) is 9.09. The first-order valence-electron chi connectivity index (χ1n) is 11.6. The van der Waals surface area contributed by atoms with Crippen molar-refractivity contribution in [2.75, 3.05) is 32.3 Å².